The predicted octanol–water partition coefficient (Wildman–Crippen LogP) is 1.98. The normalized spacial score (nSPS) is 18.6. The lowest BCUT2D eigenvalue weighted by molar-refractivity contribution is -0.133. The van der Waals surface area contributed by atoms with Gasteiger partial charge in [-0.3, -0.25) is 9.69 Å². The first kappa shape index (κ1) is 19.3. The van der Waals surface area contributed by atoms with E-state index in [0.717, 1.165) is 39.0 Å². The van der Waals surface area contributed by atoms with Crippen LogP contribution in [0.5, 0.6) is 0 Å². The minimum Gasteiger partial charge on any atom is -0.354 e. The van der Waals surface area contributed by atoms with Crippen molar-refractivity contribution in [2.75, 3.05) is 32.7 Å². The second-order valence-electron chi connectivity index (χ2n) is 7.50. The molecule has 148 valence electrons. The Hall–Kier alpha value is -2.02. The first-order chi connectivity index (χ1) is 13.6. The van der Waals surface area contributed by atoms with E-state index >= 15 is 0 Å². The number of halogens is 2. The van der Waals surface area contributed by atoms with Gasteiger partial charge in [0.2, 0.25) is 11.9 Å². The maximum atomic E-state index is 13.4. The number of rotatable bonds is 5. The van der Waals surface area contributed by atoms with E-state index < -0.39 is 11.5 Å². The summed E-state index contributed by atoms with van der Waals surface area (Å²) in [6, 6.07) is 11.1. The van der Waals surface area contributed by atoms with Crippen LogP contribution in [0.15, 0.2) is 36.4 Å². The second kappa shape index (κ2) is 8.15. The number of piperazine rings is 1. The van der Waals surface area contributed by atoms with Gasteiger partial charge in [-0.1, -0.05) is 35.9 Å². The minimum atomic E-state index is -0.600. The smallest absolute Gasteiger partial charge is 0.241 e. The molecule has 0 bridgehead atoms. The molecule has 2 N–H and O–H groups in total. The molecule has 0 radical (unpaired) electrons. The molecule has 5 nitrogen and oxygen atoms in total. The fourth-order valence-electron chi connectivity index (χ4n) is 4.33. The summed E-state index contributed by atoms with van der Waals surface area (Å²) in [5, 5.41) is 6.76. The molecule has 1 amide bonds. The summed E-state index contributed by atoms with van der Waals surface area (Å²) < 4.78 is 13.4. The van der Waals surface area contributed by atoms with E-state index in [9.17, 15) is 9.18 Å². The third-order valence-electron chi connectivity index (χ3n) is 5.71. The fraction of sp³-hybridized carbons (Fsp3) is 0.429. The fourth-order valence-corrected chi connectivity index (χ4v) is 4.54. The van der Waals surface area contributed by atoms with Gasteiger partial charge in [-0.2, -0.15) is 4.39 Å². The molecule has 1 aromatic heterocycles. The highest BCUT2D eigenvalue weighted by atomic mass is 35.5. The van der Waals surface area contributed by atoms with Crippen molar-refractivity contribution < 1.29 is 9.18 Å². The third kappa shape index (κ3) is 3.90. The van der Waals surface area contributed by atoms with Crippen molar-refractivity contribution in [3.05, 3.63) is 64.2 Å². The summed E-state index contributed by atoms with van der Waals surface area (Å²) in [5.74, 6) is -0.564. The average molecular weight is 403 g/mol. The molecule has 4 rings (SSSR count). The van der Waals surface area contributed by atoms with Crippen LogP contribution >= 0.6 is 11.6 Å². The summed E-state index contributed by atoms with van der Waals surface area (Å²) >= 11 is 5.89. The maximum Gasteiger partial charge on any atom is 0.241 e. The van der Waals surface area contributed by atoms with Gasteiger partial charge < -0.3 is 10.6 Å². The second-order valence-corrected chi connectivity index (χ2v) is 7.93. The van der Waals surface area contributed by atoms with Gasteiger partial charge in [0, 0.05) is 68.8 Å². The zero-order valence-electron chi connectivity index (χ0n) is 15.7. The van der Waals surface area contributed by atoms with Crippen LogP contribution in [0, 0.1) is 5.95 Å². The van der Waals surface area contributed by atoms with Crippen LogP contribution in [-0.2, 0) is 24.1 Å². The van der Waals surface area contributed by atoms with Gasteiger partial charge in [-0.15, -0.1) is 0 Å². The molecule has 28 heavy (non-hydrogen) atoms. The Labute approximate surface area is 169 Å². The van der Waals surface area contributed by atoms with E-state index in [2.05, 4.69) is 32.7 Å². The van der Waals surface area contributed by atoms with Crippen molar-refractivity contribution in [3.63, 3.8) is 0 Å². The van der Waals surface area contributed by atoms with Crippen molar-refractivity contribution in [1.82, 2.24) is 20.5 Å². The largest absolute Gasteiger partial charge is 0.354 e. The van der Waals surface area contributed by atoms with Crippen LogP contribution in [0.2, 0.25) is 5.02 Å². The van der Waals surface area contributed by atoms with E-state index in [-0.39, 0.29) is 5.91 Å². The van der Waals surface area contributed by atoms with Crippen molar-refractivity contribution in [2.45, 2.75) is 24.8 Å². The molecule has 2 aliphatic rings. The Balaban J connectivity index is 1.48. The summed E-state index contributed by atoms with van der Waals surface area (Å²) in [4.78, 5) is 19.5. The van der Waals surface area contributed by atoms with Gasteiger partial charge in [0.1, 0.15) is 5.54 Å². The van der Waals surface area contributed by atoms with Gasteiger partial charge in [-0.05, 0) is 17.2 Å². The number of nitrogens with zero attached hydrogens (tertiary/aromatic N) is 2. The number of aromatic nitrogens is 1. The molecule has 7 heteroatoms. The standard InChI is InChI=1S/C21H24ClFN4O/c22-17-11-18(26-19(23)12-17)5-6-25-20(28)21(27-9-7-24-8-10-27)13-15-3-1-2-4-16(15)14-21/h1-4,11-12,24H,5-10,13-14H2,(H,25,28). The quantitative estimate of drug-likeness (QED) is 0.751. The molecule has 0 atom stereocenters. The number of pyridine rings is 1. The molecule has 1 aliphatic carbocycles. The molecule has 0 saturated carbocycles. The summed E-state index contributed by atoms with van der Waals surface area (Å²) in [5.41, 5.74) is 2.47. The molecule has 0 spiro atoms. The van der Waals surface area contributed by atoms with Crippen molar-refractivity contribution >= 4 is 17.5 Å². The lowest BCUT2D eigenvalue weighted by Gasteiger charge is -2.42. The van der Waals surface area contributed by atoms with Gasteiger partial charge in [0.15, 0.2) is 0 Å². The van der Waals surface area contributed by atoms with Crippen LogP contribution in [0.1, 0.15) is 16.8 Å². The molecular formula is C21H24ClFN4O. The predicted molar refractivity (Wildman–Crippen MR) is 107 cm³/mol. The summed E-state index contributed by atoms with van der Waals surface area (Å²) in [6.45, 7) is 3.87. The topological polar surface area (TPSA) is 57.3 Å². The first-order valence-electron chi connectivity index (χ1n) is 9.70. The van der Waals surface area contributed by atoms with Crippen LogP contribution in [0.4, 0.5) is 4.39 Å². The number of hydrogen-bond donors (Lipinski definition) is 2. The number of carbonyl (C=O) groups excluding carboxylic acids is 1. The highest BCUT2D eigenvalue weighted by Crippen LogP contribution is 2.35. The van der Waals surface area contributed by atoms with E-state index in [0.29, 0.717) is 23.7 Å². The van der Waals surface area contributed by atoms with E-state index in [1.54, 1.807) is 6.07 Å². The molecule has 1 fully saturated rings. The van der Waals surface area contributed by atoms with E-state index in [4.69, 9.17) is 11.6 Å². The van der Waals surface area contributed by atoms with Gasteiger partial charge in [-0.25, -0.2) is 4.98 Å². The Bertz CT molecular complexity index is 824. The zero-order valence-corrected chi connectivity index (χ0v) is 16.4. The number of amides is 1. The Morgan fingerprint density at radius 2 is 1.89 bits per heavy atom. The van der Waals surface area contributed by atoms with Crippen LogP contribution in [0.25, 0.3) is 0 Å². The van der Waals surface area contributed by atoms with Gasteiger partial charge >= 0.3 is 0 Å². The van der Waals surface area contributed by atoms with Crippen molar-refractivity contribution in [3.8, 4) is 0 Å². The third-order valence-corrected chi connectivity index (χ3v) is 5.93. The first-order valence-corrected chi connectivity index (χ1v) is 10.1. The zero-order chi connectivity index (χ0) is 19.6. The number of hydrogen-bond acceptors (Lipinski definition) is 4. The maximum absolute atomic E-state index is 13.4. The lowest BCUT2D eigenvalue weighted by Crippen LogP contribution is -2.64. The Morgan fingerprint density at radius 1 is 1.21 bits per heavy atom. The molecule has 1 aromatic carbocycles. The SMILES string of the molecule is O=C(NCCc1cc(Cl)cc(F)n1)C1(N2CCNCC2)Cc2ccccc2C1. The lowest BCUT2D eigenvalue weighted by atomic mass is 9.91. The summed E-state index contributed by atoms with van der Waals surface area (Å²) in [6.07, 6.45) is 1.88. The highest BCUT2D eigenvalue weighted by molar-refractivity contribution is 6.30. The number of fused-ring (bicyclic) bond motifs is 1. The van der Waals surface area contributed by atoms with Crippen LogP contribution < -0.4 is 10.6 Å². The minimum absolute atomic E-state index is 0.0353. The average Bonchev–Trinajstić information content (AvgIpc) is 3.09. The van der Waals surface area contributed by atoms with Gasteiger partial charge in [0.25, 0.3) is 0 Å². The van der Waals surface area contributed by atoms with E-state index in [1.165, 1.54) is 17.2 Å². The van der Waals surface area contributed by atoms with Crippen molar-refractivity contribution in [2.24, 2.45) is 0 Å². The molecule has 0 unspecified atom stereocenters. The number of benzene rings is 1. The molecular weight excluding hydrogens is 379 g/mol. The Kier molecular flexibility index (Phi) is 5.62. The van der Waals surface area contributed by atoms with E-state index in [1.807, 2.05) is 12.1 Å². The number of carbonyl (C=O) groups is 1. The van der Waals surface area contributed by atoms with Crippen molar-refractivity contribution in [1.29, 1.82) is 0 Å². The van der Waals surface area contributed by atoms with Gasteiger partial charge in [0.05, 0.1) is 0 Å². The molecule has 1 saturated heterocycles. The summed E-state index contributed by atoms with van der Waals surface area (Å²) in [7, 11) is 0. The monoisotopic (exact) mass is 402 g/mol. The molecule has 2 aromatic rings. The van der Waals surface area contributed by atoms with Crippen LogP contribution in [-0.4, -0.2) is 54.1 Å². The molecule has 2 heterocycles. The molecule has 1 aliphatic heterocycles. The highest BCUT2D eigenvalue weighted by Gasteiger charge is 2.48. The van der Waals surface area contributed by atoms with Crippen LogP contribution in [0.3, 0.4) is 0 Å². The number of nitrogens with one attached hydrogen (secondary N) is 2. The Morgan fingerprint density at radius 3 is 2.54 bits per heavy atom.